The normalized spacial score (nSPS) is 16.6. The van der Waals surface area contributed by atoms with Crippen molar-refractivity contribution in [3.8, 4) is 0 Å². The molecule has 0 atom stereocenters. The summed E-state index contributed by atoms with van der Waals surface area (Å²) >= 11 is 0. The highest BCUT2D eigenvalue weighted by Crippen LogP contribution is 2.48. The number of rotatable bonds is 7. The number of benzene rings is 1. The van der Waals surface area contributed by atoms with Gasteiger partial charge >= 0.3 is 0 Å². The van der Waals surface area contributed by atoms with E-state index in [9.17, 15) is 14.3 Å². The summed E-state index contributed by atoms with van der Waals surface area (Å²) < 4.78 is 13.0. The van der Waals surface area contributed by atoms with Gasteiger partial charge < -0.3 is 10.4 Å². The van der Waals surface area contributed by atoms with Crippen LogP contribution in [0.3, 0.4) is 0 Å². The molecule has 0 unspecified atom stereocenters. The molecule has 0 radical (unpaired) electrons. The predicted octanol–water partition coefficient (Wildman–Crippen LogP) is 2.77. The Balaban J connectivity index is 1.85. The van der Waals surface area contributed by atoms with Crippen LogP contribution in [0.5, 0.6) is 0 Å². The molecular formula is C17H24FNO2. The van der Waals surface area contributed by atoms with E-state index in [4.69, 9.17) is 0 Å². The third-order valence-corrected chi connectivity index (χ3v) is 4.33. The zero-order valence-corrected chi connectivity index (χ0v) is 12.8. The van der Waals surface area contributed by atoms with Gasteiger partial charge in [0.1, 0.15) is 5.82 Å². The predicted molar refractivity (Wildman–Crippen MR) is 80.4 cm³/mol. The molecule has 1 aromatic carbocycles. The van der Waals surface area contributed by atoms with Crippen molar-refractivity contribution in [2.45, 2.75) is 44.9 Å². The summed E-state index contributed by atoms with van der Waals surface area (Å²) in [7, 11) is 0. The molecule has 1 aromatic rings. The van der Waals surface area contributed by atoms with E-state index < -0.39 is 5.41 Å². The summed E-state index contributed by atoms with van der Waals surface area (Å²) in [5.74, 6) is -0.239. The van der Waals surface area contributed by atoms with Gasteiger partial charge in [-0.05, 0) is 48.8 Å². The number of aliphatic hydroxyl groups excluding tert-OH is 1. The highest BCUT2D eigenvalue weighted by Gasteiger charge is 2.50. The van der Waals surface area contributed by atoms with E-state index >= 15 is 0 Å². The molecule has 0 saturated heterocycles. The minimum atomic E-state index is -0.444. The van der Waals surface area contributed by atoms with Gasteiger partial charge in [-0.2, -0.15) is 0 Å². The van der Waals surface area contributed by atoms with Crippen LogP contribution in [0.1, 0.15) is 45.1 Å². The SMILES string of the molecule is CC(C)(CO)CCCNC(=O)C1(c2ccc(F)cc2)CC1. The number of carbonyl (C=O) groups excluding carboxylic acids is 1. The van der Waals surface area contributed by atoms with E-state index in [1.165, 1.54) is 12.1 Å². The highest BCUT2D eigenvalue weighted by atomic mass is 19.1. The van der Waals surface area contributed by atoms with Gasteiger partial charge in [0, 0.05) is 13.2 Å². The molecule has 0 heterocycles. The Morgan fingerprint density at radius 1 is 1.33 bits per heavy atom. The fourth-order valence-corrected chi connectivity index (χ4v) is 2.56. The summed E-state index contributed by atoms with van der Waals surface area (Å²) in [6, 6.07) is 6.23. The first-order chi connectivity index (χ1) is 9.89. The Hall–Kier alpha value is -1.42. The van der Waals surface area contributed by atoms with Crippen molar-refractivity contribution >= 4 is 5.91 Å². The molecule has 1 saturated carbocycles. The molecule has 0 spiro atoms. The third-order valence-electron chi connectivity index (χ3n) is 4.33. The Kier molecular flexibility index (Phi) is 4.67. The maximum Gasteiger partial charge on any atom is 0.230 e. The van der Waals surface area contributed by atoms with Gasteiger partial charge in [-0.15, -0.1) is 0 Å². The average molecular weight is 293 g/mol. The summed E-state index contributed by atoms with van der Waals surface area (Å²) in [5.41, 5.74) is 0.358. The van der Waals surface area contributed by atoms with Crippen LogP contribution in [0.15, 0.2) is 24.3 Å². The second-order valence-electron chi connectivity index (χ2n) is 6.77. The molecule has 4 heteroatoms. The van der Waals surface area contributed by atoms with E-state index in [1.807, 2.05) is 13.8 Å². The molecule has 0 aliphatic heterocycles. The maximum absolute atomic E-state index is 13.0. The average Bonchev–Trinajstić information content (AvgIpc) is 3.26. The third kappa shape index (κ3) is 3.82. The number of nitrogens with one attached hydrogen (secondary N) is 1. The minimum Gasteiger partial charge on any atom is -0.396 e. The van der Waals surface area contributed by atoms with Crippen molar-refractivity contribution in [1.82, 2.24) is 5.32 Å². The number of amides is 1. The van der Waals surface area contributed by atoms with E-state index in [-0.39, 0.29) is 23.7 Å². The highest BCUT2D eigenvalue weighted by molar-refractivity contribution is 5.91. The van der Waals surface area contributed by atoms with Crippen LogP contribution in [0, 0.1) is 11.2 Å². The maximum atomic E-state index is 13.0. The molecular weight excluding hydrogens is 269 g/mol. The number of hydrogen-bond acceptors (Lipinski definition) is 2. The molecule has 1 amide bonds. The fourth-order valence-electron chi connectivity index (χ4n) is 2.56. The Labute approximate surface area is 125 Å². The van der Waals surface area contributed by atoms with Gasteiger partial charge in [0.15, 0.2) is 0 Å². The quantitative estimate of drug-likeness (QED) is 0.760. The number of hydrogen-bond donors (Lipinski definition) is 2. The largest absolute Gasteiger partial charge is 0.396 e. The molecule has 0 aromatic heterocycles. The Morgan fingerprint density at radius 2 is 1.95 bits per heavy atom. The van der Waals surface area contributed by atoms with Crippen LogP contribution in [-0.2, 0) is 10.2 Å². The molecule has 1 aliphatic rings. The lowest BCUT2D eigenvalue weighted by Gasteiger charge is -2.22. The van der Waals surface area contributed by atoms with Crippen LogP contribution < -0.4 is 5.32 Å². The Morgan fingerprint density at radius 3 is 2.48 bits per heavy atom. The molecule has 1 fully saturated rings. The van der Waals surface area contributed by atoms with Gasteiger partial charge in [-0.1, -0.05) is 26.0 Å². The van der Waals surface area contributed by atoms with Crippen LogP contribution in [0.4, 0.5) is 4.39 Å². The molecule has 21 heavy (non-hydrogen) atoms. The molecule has 3 nitrogen and oxygen atoms in total. The second-order valence-corrected chi connectivity index (χ2v) is 6.77. The van der Waals surface area contributed by atoms with Crippen molar-refractivity contribution in [1.29, 1.82) is 0 Å². The summed E-state index contributed by atoms with van der Waals surface area (Å²) in [4.78, 5) is 12.4. The zero-order chi connectivity index (χ0) is 15.5. The van der Waals surface area contributed by atoms with Crippen molar-refractivity contribution in [2.24, 2.45) is 5.41 Å². The molecule has 2 N–H and O–H groups in total. The second kappa shape index (κ2) is 6.14. The number of halogens is 1. The first-order valence-electron chi connectivity index (χ1n) is 7.55. The smallest absolute Gasteiger partial charge is 0.230 e. The van der Waals surface area contributed by atoms with E-state index in [0.29, 0.717) is 6.54 Å². The lowest BCUT2D eigenvalue weighted by molar-refractivity contribution is -0.123. The fraction of sp³-hybridized carbons (Fsp3) is 0.588. The zero-order valence-electron chi connectivity index (χ0n) is 12.8. The van der Waals surface area contributed by atoms with Crippen molar-refractivity contribution in [3.05, 3.63) is 35.6 Å². The molecule has 1 aliphatic carbocycles. The van der Waals surface area contributed by atoms with Crippen LogP contribution in [0.2, 0.25) is 0 Å². The van der Waals surface area contributed by atoms with Gasteiger partial charge in [0.2, 0.25) is 5.91 Å². The molecule has 2 rings (SSSR count). The molecule has 0 bridgehead atoms. The first-order valence-corrected chi connectivity index (χ1v) is 7.55. The number of carbonyl (C=O) groups is 1. The van der Waals surface area contributed by atoms with Gasteiger partial charge in [-0.25, -0.2) is 4.39 Å². The van der Waals surface area contributed by atoms with Gasteiger partial charge in [-0.3, -0.25) is 4.79 Å². The summed E-state index contributed by atoms with van der Waals surface area (Å²) in [5, 5.41) is 12.2. The van der Waals surface area contributed by atoms with Crippen molar-refractivity contribution in [3.63, 3.8) is 0 Å². The summed E-state index contributed by atoms with van der Waals surface area (Å²) in [6.07, 6.45) is 3.37. The van der Waals surface area contributed by atoms with E-state index in [0.717, 1.165) is 31.2 Å². The van der Waals surface area contributed by atoms with Crippen molar-refractivity contribution < 1.29 is 14.3 Å². The number of aliphatic hydroxyl groups is 1. The monoisotopic (exact) mass is 293 g/mol. The van der Waals surface area contributed by atoms with Gasteiger partial charge in [0.25, 0.3) is 0 Å². The topological polar surface area (TPSA) is 49.3 Å². The lowest BCUT2D eigenvalue weighted by atomic mass is 9.89. The van der Waals surface area contributed by atoms with E-state index in [1.54, 1.807) is 12.1 Å². The van der Waals surface area contributed by atoms with E-state index in [2.05, 4.69) is 5.32 Å². The Bertz CT molecular complexity index is 492. The lowest BCUT2D eigenvalue weighted by Crippen LogP contribution is -2.35. The van der Waals surface area contributed by atoms with Gasteiger partial charge in [0.05, 0.1) is 5.41 Å². The summed E-state index contributed by atoms with van der Waals surface area (Å²) in [6.45, 7) is 4.79. The van der Waals surface area contributed by atoms with Crippen LogP contribution in [0.25, 0.3) is 0 Å². The van der Waals surface area contributed by atoms with Crippen LogP contribution in [-0.4, -0.2) is 24.2 Å². The standard InChI is InChI=1S/C17H24FNO2/c1-16(2,12-20)8-3-11-19-15(21)17(9-10-17)13-4-6-14(18)7-5-13/h4-7,20H,3,8-12H2,1-2H3,(H,19,21). The van der Waals surface area contributed by atoms with Crippen LogP contribution >= 0.6 is 0 Å². The van der Waals surface area contributed by atoms with Crippen molar-refractivity contribution in [2.75, 3.05) is 13.2 Å². The molecule has 116 valence electrons. The first kappa shape index (κ1) is 16.0. The minimum absolute atomic E-state index is 0.0379.